The van der Waals surface area contributed by atoms with E-state index in [9.17, 15) is 14.9 Å². The van der Waals surface area contributed by atoms with E-state index < -0.39 is 18.0 Å². The van der Waals surface area contributed by atoms with Crippen molar-refractivity contribution in [3.05, 3.63) is 40.3 Å². The van der Waals surface area contributed by atoms with Gasteiger partial charge in [-0.15, -0.1) is 11.3 Å². The highest BCUT2D eigenvalue weighted by atomic mass is 32.1. The fourth-order valence-corrected chi connectivity index (χ4v) is 3.52. The predicted molar refractivity (Wildman–Crippen MR) is 94.7 cm³/mol. The first-order valence-electron chi connectivity index (χ1n) is 7.95. The van der Waals surface area contributed by atoms with E-state index in [0.717, 1.165) is 11.3 Å². The highest BCUT2D eigenvalue weighted by Gasteiger charge is 2.29. The Morgan fingerprint density at radius 3 is 2.81 bits per heavy atom. The number of amides is 1. The first kappa shape index (κ1) is 17.8. The van der Waals surface area contributed by atoms with Gasteiger partial charge >= 0.3 is 5.97 Å². The van der Waals surface area contributed by atoms with Gasteiger partial charge in [-0.05, 0) is 31.5 Å². The maximum Gasteiger partial charge on any atom is 0.348 e. The smallest absolute Gasteiger partial charge is 0.348 e. The molecular formula is C18H16N2O5S. The van der Waals surface area contributed by atoms with Crippen LogP contribution in [0.5, 0.6) is 11.5 Å². The standard InChI is InChI=1S/C18H16N2O5S/c1-3-23-18(22)15-10(2)11(8-19)17(26-15)20-16(21)14-9-24-12-6-4-5-7-13(12)25-14/h4-7,14H,3,9H2,1-2H3,(H,20,21)/t14-/m1/s1. The second kappa shape index (κ2) is 7.45. The summed E-state index contributed by atoms with van der Waals surface area (Å²) in [5, 5.41) is 12.3. The molecule has 0 saturated carbocycles. The van der Waals surface area contributed by atoms with E-state index in [-0.39, 0.29) is 18.8 Å². The molecular weight excluding hydrogens is 356 g/mol. The summed E-state index contributed by atoms with van der Waals surface area (Å²) in [5.41, 5.74) is 0.723. The van der Waals surface area contributed by atoms with Crippen molar-refractivity contribution in [1.82, 2.24) is 0 Å². The van der Waals surface area contributed by atoms with E-state index >= 15 is 0 Å². The molecule has 1 N–H and O–H groups in total. The molecule has 1 aliphatic heterocycles. The number of esters is 1. The summed E-state index contributed by atoms with van der Waals surface area (Å²) in [6.45, 7) is 3.63. The maximum absolute atomic E-state index is 12.5. The molecule has 3 rings (SSSR count). The zero-order valence-corrected chi connectivity index (χ0v) is 15.0. The van der Waals surface area contributed by atoms with Gasteiger partial charge in [0.2, 0.25) is 6.10 Å². The van der Waals surface area contributed by atoms with Gasteiger partial charge in [-0.3, -0.25) is 4.79 Å². The van der Waals surface area contributed by atoms with Crippen LogP contribution in [0.15, 0.2) is 24.3 Å². The van der Waals surface area contributed by atoms with Gasteiger partial charge in [0.15, 0.2) is 11.5 Å². The minimum Gasteiger partial charge on any atom is -0.485 e. The molecule has 26 heavy (non-hydrogen) atoms. The number of hydrogen-bond acceptors (Lipinski definition) is 7. The van der Waals surface area contributed by atoms with Crippen molar-refractivity contribution >= 4 is 28.2 Å². The van der Waals surface area contributed by atoms with E-state index in [1.807, 2.05) is 12.1 Å². The quantitative estimate of drug-likeness (QED) is 0.829. The Morgan fingerprint density at radius 1 is 1.38 bits per heavy atom. The number of hydrogen-bond donors (Lipinski definition) is 1. The fraction of sp³-hybridized carbons (Fsp3) is 0.278. The number of benzene rings is 1. The fourth-order valence-electron chi connectivity index (χ4n) is 2.47. The lowest BCUT2D eigenvalue weighted by atomic mass is 10.1. The molecule has 2 heterocycles. The highest BCUT2D eigenvalue weighted by molar-refractivity contribution is 7.18. The third-order valence-electron chi connectivity index (χ3n) is 3.76. The van der Waals surface area contributed by atoms with Crippen LogP contribution in [0.1, 0.15) is 27.7 Å². The number of para-hydroxylation sites is 2. The minimum atomic E-state index is -0.857. The number of nitrogens with zero attached hydrogens (tertiary/aromatic N) is 1. The van der Waals surface area contributed by atoms with Crippen LogP contribution in [0.25, 0.3) is 0 Å². The van der Waals surface area contributed by atoms with Gasteiger partial charge < -0.3 is 19.5 Å². The molecule has 134 valence electrons. The third-order valence-corrected chi connectivity index (χ3v) is 4.94. The molecule has 0 radical (unpaired) electrons. The molecule has 1 aromatic carbocycles. The monoisotopic (exact) mass is 372 g/mol. The summed E-state index contributed by atoms with van der Waals surface area (Å²) in [7, 11) is 0. The highest BCUT2D eigenvalue weighted by Crippen LogP contribution is 2.34. The van der Waals surface area contributed by atoms with Crippen molar-refractivity contribution in [1.29, 1.82) is 5.26 Å². The summed E-state index contributed by atoms with van der Waals surface area (Å²) in [6, 6.07) is 9.08. The number of fused-ring (bicyclic) bond motifs is 1. The van der Waals surface area contributed by atoms with Crippen molar-refractivity contribution in [2.45, 2.75) is 20.0 Å². The maximum atomic E-state index is 12.5. The summed E-state index contributed by atoms with van der Waals surface area (Å²) in [4.78, 5) is 24.8. The van der Waals surface area contributed by atoms with Gasteiger partial charge in [0.25, 0.3) is 5.91 Å². The number of nitriles is 1. The molecule has 1 atom stereocenters. The number of nitrogens with one attached hydrogen (secondary N) is 1. The van der Waals surface area contributed by atoms with Crippen LogP contribution < -0.4 is 14.8 Å². The van der Waals surface area contributed by atoms with Gasteiger partial charge in [-0.1, -0.05) is 12.1 Å². The largest absolute Gasteiger partial charge is 0.485 e. The molecule has 0 saturated heterocycles. The predicted octanol–water partition coefficient (Wildman–Crippen LogP) is 2.88. The number of thiophene rings is 1. The molecule has 0 aliphatic carbocycles. The number of ether oxygens (including phenoxy) is 3. The molecule has 1 aromatic heterocycles. The Kier molecular flexibility index (Phi) is 5.09. The van der Waals surface area contributed by atoms with Crippen molar-refractivity contribution in [3.63, 3.8) is 0 Å². The Balaban J connectivity index is 1.79. The normalized spacial score (nSPS) is 15.0. The molecule has 2 aromatic rings. The topological polar surface area (TPSA) is 97.7 Å². The molecule has 1 amide bonds. The first-order chi connectivity index (χ1) is 12.5. The molecule has 0 bridgehead atoms. The summed E-state index contributed by atoms with van der Waals surface area (Å²) in [5.74, 6) is 0.0886. The zero-order chi connectivity index (χ0) is 18.7. The Labute approximate surface area is 154 Å². The summed E-state index contributed by atoms with van der Waals surface area (Å²) < 4.78 is 16.2. The average molecular weight is 372 g/mol. The van der Waals surface area contributed by atoms with Crippen LogP contribution >= 0.6 is 11.3 Å². The minimum absolute atomic E-state index is 0.0554. The molecule has 8 heteroatoms. The van der Waals surface area contributed by atoms with Crippen molar-refractivity contribution in [2.75, 3.05) is 18.5 Å². The van der Waals surface area contributed by atoms with Crippen LogP contribution in [0.3, 0.4) is 0 Å². The molecule has 1 aliphatic rings. The summed E-state index contributed by atoms with van der Waals surface area (Å²) >= 11 is 1.01. The number of carbonyl (C=O) groups is 2. The lowest BCUT2D eigenvalue weighted by molar-refractivity contribution is -0.125. The lowest BCUT2D eigenvalue weighted by Crippen LogP contribution is -2.40. The van der Waals surface area contributed by atoms with Crippen LogP contribution in [-0.2, 0) is 9.53 Å². The van der Waals surface area contributed by atoms with Crippen LogP contribution in [0.2, 0.25) is 0 Å². The third kappa shape index (κ3) is 3.34. The van der Waals surface area contributed by atoms with Crippen molar-refractivity contribution in [3.8, 4) is 17.6 Å². The van der Waals surface area contributed by atoms with Crippen molar-refractivity contribution < 1.29 is 23.8 Å². The van der Waals surface area contributed by atoms with E-state index in [1.165, 1.54) is 0 Å². The molecule has 0 fully saturated rings. The molecule has 7 nitrogen and oxygen atoms in total. The number of rotatable bonds is 4. The Hall–Kier alpha value is -3.05. The zero-order valence-electron chi connectivity index (χ0n) is 14.2. The van der Waals surface area contributed by atoms with Gasteiger partial charge in [0.05, 0.1) is 12.2 Å². The molecule has 0 spiro atoms. The number of carbonyl (C=O) groups excluding carboxylic acids is 2. The first-order valence-corrected chi connectivity index (χ1v) is 8.76. The van der Waals surface area contributed by atoms with E-state index in [4.69, 9.17) is 14.2 Å². The Morgan fingerprint density at radius 2 is 2.12 bits per heavy atom. The second-order valence-corrected chi connectivity index (χ2v) is 6.47. The van der Waals surface area contributed by atoms with Gasteiger partial charge in [0.1, 0.15) is 22.6 Å². The average Bonchev–Trinajstić information content (AvgIpc) is 2.96. The summed E-state index contributed by atoms with van der Waals surface area (Å²) in [6.07, 6.45) is -0.857. The SMILES string of the molecule is CCOC(=O)c1sc(NC(=O)[C@H]2COc3ccccc3O2)c(C#N)c1C. The van der Waals surface area contributed by atoms with E-state index in [2.05, 4.69) is 5.32 Å². The van der Waals surface area contributed by atoms with Gasteiger partial charge in [-0.25, -0.2) is 4.79 Å². The van der Waals surface area contributed by atoms with Crippen LogP contribution in [-0.4, -0.2) is 31.2 Å². The number of anilines is 1. The van der Waals surface area contributed by atoms with E-state index in [1.54, 1.807) is 32.0 Å². The Bertz CT molecular complexity index is 899. The van der Waals surface area contributed by atoms with Crippen LogP contribution in [0, 0.1) is 18.3 Å². The van der Waals surface area contributed by atoms with Crippen LogP contribution in [0.4, 0.5) is 5.00 Å². The second-order valence-electron chi connectivity index (χ2n) is 5.45. The lowest BCUT2D eigenvalue weighted by Gasteiger charge is -2.25. The van der Waals surface area contributed by atoms with Crippen molar-refractivity contribution in [2.24, 2.45) is 0 Å². The molecule has 0 unspecified atom stereocenters. The van der Waals surface area contributed by atoms with E-state index in [0.29, 0.717) is 26.9 Å². The van der Waals surface area contributed by atoms with Gasteiger partial charge in [0, 0.05) is 0 Å². The van der Waals surface area contributed by atoms with Gasteiger partial charge in [-0.2, -0.15) is 5.26 Å².